The van der Waals surface area contributed by atoms with Crippen LogP contribution in [-0.2, 0) is 17.9 Å². The van der Waals surface area contributed by atoms with Gasteiger partial charge in [0, 0.05) is 29.9 Å². The van der Waals surface area contributed by atoms with E-state index in [0.29, 0.717) is 23.3 Å². The maximum Gasteiger partial charge on any atom is 0.246 e. The number of nitrogens with zero attached hydrogens (tertiary/aromatic N) is 4. The first kappa shape index (κ1) is 20.1. The summed E-state index contributed by atoms with van der Waals surface area (Å²) < 4.78 is 1.71. The Bertz CT molecular complexity index is 982. The summed E-state index contributed by atoms with van der Waals surface area (Å²) in [4.78, 5) is 18.2. The minimum Gasteiger partial charge on any atom is -0.336 e. The van der Waals surface area contributed by atoms with Gasteiger partial charge in [-0.2, -0.15) is 5.10 Å². The molecule has 0 fully saturated rings. The Morgan fingerprint density at radius 2 is 1.93 bits per heavy atom. The summed E-state index contributed by atoms with van der Waals surface area (Å²) in [5.74, 6) is -0.133. The Labute approximate surface area is 174 Å². The van der Waals surface area contributed by atoms with Crippen molar-refractivity contribution in [2.45, 2.75) is 20.0 Å². The summed E-state index contributed by atoms with van der Waals surface area (Å²) in [6.45, 7) is 2.83. The number of pyridine rings is 1. The minimum absolute atomic E-state index is 0.133. The molecule has 0 aliphatic rings. The number of rotatable bonds is 6. The molecule has 1 aromatic carbocycles. The van der Waals surface area contributed by atoms with Gasteiger partial charge in [-0.3, -0.25) is 9.78 Å². The molecule has 0 aliphatic carbocycles. The molecule has 5 nitrogen and oxygen atoms in total. The molecule has 3 rings (SSSR count). The van der Waals surface area contributed by atoms with Crippen LogP contribution in [0.2, 0.25) is 10.2 Å². The van der Waals surface area contributed by atoms with Crippen LogP contribution in [0.15, 0.2) is 54.7 Å². The van der Waals surface area contributed by atoms with E-state index in [4.69, 9.17) is 23.2 Å². The Hall–Kier alpha value is -2.63. The van der Waals surface area contributed by atoms with E-state index in [2.05, 4.69) is 10.1 Å². The van der Waals surface area contributed by atoms with Crippen molar-refractivity contribution in [1.29, 1.82) is 0 Å². The zero-order valence-corrected chi connectivity index (χ0v) is 17.2. The van der Waals surface area contributed by atoms with Crippen LogP contribution in [0.3, 0.4) is 0 Å². The predicted octanol–water partition coefficient (Wildman–Crippen LogP) is 4.61. The van der Waals surface area contributed by atoms with E-state index in [0.717, 1.165) is 22.5 Å². The molecule has 0 aliphatic heterocycles. The van der Waals surface area contributed by atoms with Gasteiger partial charge in [-0.05, 0) is 42.8 Å². The number of aromatic nitrogens is 3. The number of likely N-dealkylation sites (N-methyl/N-ethyl adjacent to an activating group) is 1. The molecule has 2 aromatic heterocycles. The van der Waals surface area contributed by atoms with Crippen LogP contribution < -0.4 is 0 Å². The molecular weight excluding hydrogens is 395 g/mol. The first-order valence-corrected chi connectivity index (χ1v) is 9.50. The number of halogens is 2. The van der Waals surface area contributed by atoms with Crippen molar-refractivity contribution in [3.63, 3.8) is 0 Å². The van der Waals surface area contributed by atoms with Crippen LogP contribution in [0.4, 0.5) is 0 Å². The smallest absolute Gasteiger partial charge is 0.246 e. The number of carbonyl (C=O) groups is 1. The average Bonchev–Trinajstić information content (AvgIpc) is 2.95. The number of hydrogen-bond acceptors (Lipinski definition) is 3. The number of benzene rings is 1. The van der Waals surface area contributed by atoms with Gasteiger partial charge in [-0.25, -0.2) is 4.68 Å². The molecule has 0 unspecified atom stereocenters. The third kappa shape index (κ3) is 5.00. The highest BCUT2D eigenvalue weighted by atomic mass is 35.5. The van der Waals surface area contributed by atoms with E-state index in [1.807, 2.05) is 49.4 Å². The molecule has 0 saturated heterocycles. The van der Waals surface area contributed by atoms with Crippen molar-refractivity contribution in [3.8, 4) is 0 Å². The van der Waals surface area contributed by atoms with Gasteiger partial charge in [0.05, 0.1) is 24.5 Å². The fraction of sp³-hybridized carbons (Fsp3) is 0.190. The molecule has 144 valence electrons. The lowest BCUT2D eigenvalue weighted by Gasteiger charge is -2.14. The number of carbonyl (C=O) groups excluding carboxylic acids is 1. The van der Waals surface area contributed by atoms with Gasteiger partial charge in [0.1, 0.15) is 5.15 Å². The maximum atomic E-state index is 12.4. The summed E-state index contributed by atoms with van der Waals surface area (Å²) in [5.41, 5.74) is 3.36. The van der Waals surface area contributed by atoms with Gasteiger partial charge < -0.3 is 4.90 Å². The van der Waals surface area contributed by atoms with Crippen LogP contribution in [0, 0.1) is 6.92 Å². The lowest BCUT2D eigenvalue weighted by molar-refractivity contribution is -0.125. The first-order valence-electron chi connectivity index (χ1n) is 8.74. The second-order valence-corrected chi connectivity index (χ2v) is 7.22. The van der Waals surface area contributed by atoms with Crippen LogP contribution in [0.1, 0.15) is 22.5 Å². The molecule has 3 aromatic rings. The molecule has 1 amide bonds. The number of amides is 1. The lowest BCUT2D eigenvalue weighted by atomic mass is 10.2. The van der Waals surface area contributed by atoms with Crippen molar-refractivity contribution >= 4 is 35.2 Å². The van der Waals surface area contributed by atoms with E-state index >= 15 is 0 Å². The van der Waals surface area contributed by atoms with Gasteiger partial charge in [0.25, 0.3) is 0 Å². The second-order valence-electron chi connectivity index (χ2n) is 6.42. The van der Waals surface area contributed by atoms with E-state index in [-0.39, 0.29) is 5.91 Å². The molecule has 0 atom stereocenters. The Kier molecular flexibility index (Phi) is 6.49. The Morgan fingerprint density at radius 3 is 2.61 bits per heavy atom. The molecule has 0 radical (unpaired) electrons. The summed E-state index contributed by atoms with van der Waals surface area (Å²) in [6, 6.07) is 13.2. The second kappa shape index (κ2) is 9.04. The van der Waals surface area contributed by atoms with Crippen LogP contribution in [0.25, 0.3) is 6.08 Å². The van der Waals surface area contributed by atoms with Gasteiger partial charge in [0.2, 0.25) is 5.91 Å². The van der Waals surface area contributed by atoms with Gasteiger partial charge >= 0.3 is 0 Å². The quantitative estimate of drug-likeness (QED) is 0.553. The van der Waals surface area contributed by atoms with Gasteiger partial charge in [0.15, 0.2) is 0 Å². The van der Waals surface area contributed by atoms with E-state index in [9.17, 15) is 4.79 Å². The molecule has 7 heteroatoms. The van der Waals surface area contributed by atoms with Crippen molar-refractivity contribution in [2.75, 3.05) is 7.05 Å². The third-order valence-corrected chi connectivity index (χ3v) is 4.90. The molecular formula is C21H20Cl2N4O. The summed E-state index contributed by atoms with van der Waals surface area (Å²) in [6.07, 6.45) is 4.92. The molecule has 0 saturated carbocycles. The van der Waals surface area contributed by atoms with Crippen molar-refractivity contribution in [3.05, 3.63) is 87.4 Å². The van der Waals surface area contributed by atoms with Crippen LogP contribution >= 0.6 is 23.2 Å². The SMILES string of the molecule is Cc1nn(Cc2ccc(Cl)cc2)c(Cl)c1/C=C/C(=O)N(C)Cc1ccccn1. The molecule has 0 spiro atoms. The number of hydrogen-bond donors (Lipinski definition) is 0. The highest BCUT2D eigenvalue weighted by molar-refractivity contribution is 6.31. The third-order valence-electron chi connectivity index (χ3n) is 4.25. The normalized spacial score (nSPS) is 11.1. The average molecular weight is 415 g/mol. The summed E-state index contributed by atoms with van der Waals surface area (Å²) in [5, 5.41) is 5.66. The lowest BCUT2D eigenvalue weighted by Crippen LogP contribution is -2.24. The fourth-order valence-electron chi connectivity index (χ4n) is 2.72. The number of aryl methyl sites for hydroxylation is 1. The summed E-state index contributed by atoms with van der Waals surface area (Å²) in [7, 11) is 1.74. The largest absolute Gasteiger partial charge is 0.336 e. The predicted molar refractivity (Wildman–Crippen MR) is 112 cm³/mol. The Morgan fingerprint density at radius 1 is 1.18 bits per heavy atom. The Balaban J connectivity index is 1.70. The highest BCUT2D eigenvalue weighted by Crippen LogP contribution is 2.23. The van der Waals surface area contributed by atoms with Crippen LogP contribution in [-0.4, -0.2) is 32.6 Å². The van der Waals surface area contributed by atoms with E-state index in [1.165, 1.54) is 6.08 Å². The van der Waals surface area contributed by atoms with E-state index < -0.39 is 0 Å². The topological polar surface area (TPSA) is 51.0 Å². The van der Waals surface area contributed by atoms with Crippen molar-refractivity contribution in [1.82, 2.24) is 19.7 Å². The first-order chi connectivity index (χ1) is 13.4. The molecule has 2 heterocycles. The zero-order chi connectivity index (χ0) is 20.1. The monoisotopic (exact) mass is 414 g/mol. The zero-order valence-electron chi connectivity index (χ0n) is 15.6. The highest BCUT2D eigenvalue weighted by Gasteiger charge is 2.13. The van der Waals surface area contributed by atoms with Crippen molar-refractivity contribution in [2.24, 2.45) is 0 Å². The molecule has 0 N–H and O–H groups in total. The fourth-order valence-corrected chi connectivity index (χ4v) is 3.14. The maximum absolute atomic E-state index is 12.4. The molecule has 0 bridgehead atoms. The standard InChI is InChI=1S/C21H20Cl2N4O/c1-15-19(10-11-20(28)26(2)14-18-5-3-4-12-24-18)21(23)27(25-15)13-16-6-8-17(22)9-7-16/h3-12H,13-14H2,1-2H3/b11-10+. The minimum atomic E-state index is -0.133. The van der Waals surface area contributed by atoms with Gasteiger partial charge in [-0.1, -0.05) is 41.4 Å². The van der Waals surface area contributed by atoms with E-state index in [1.54, 1.807) is 28.9 Å². The summed E-state index contributed by atoms with van der Waals surface area (Å²) >= 11 is 12.4. The van der Waals surface area contributed by atoms with Crippen molar-refractivity contribution < 1.29 is 4.79 Å². The van der Waals surface area contributed by atoms with Crippen LogP contribution in [0.5, 0.6) is 0 Å². The molecule has 28 heavy (non-hydrogen) atoms. The van der Waals surface area contributed by atoms with Gasteiger partial charge in [-0.15, -0.1) is 0 Å².